The Morgan fingerprint density at radius 3 is 2.42 bits per heavy atom. The van der Waals surface area contributed by atoms with Gasteiger partial charge in [-0.1, -0.05) is 70.9 Å². The molecule has 0 aromatic heterocycles. The van der Waals surface area contributed by atoms with E-state index in [-0.39, 0.29) is 11.3 Å². The molecule has 3 fully saturated rings. The van der Waals surface area contributed by atoms with Crippen LogP contribution < -0.4 is 0 Å². The van der Waals surface area contributed by atoms with Crippen LogP contribution in [0.1, 0.15) is 105 Å². The molecule has 0 saturated heterocycles. The second kappa shape index (κ2) is 10.7. The molecule has 2 unspecified atom stereocenters. The van der Waals surface area contributed by atoms with Gasteiger partial charge in [0.2, 0.25) is 0 Å². The SMILES string of the molecule is CCC(O)CC([C@@H](C)[C@H]1CC[C@H]2[C@@H]3CC=C4C[C@](C)(CC)CC[C@@H]4[C@H]3CC[C@]12C)S(=O)(=O)c1ccccc1. The molecule has 4 heteroatoms. The quantitative estimate of drug-likeness (QED) is 0.338. The monoisotopic (exact) mass is 540 g/mol. The number of hydrogen-bond donors (Lipinski definition) is 1. The van der Waals surface area contributed by atoms with Gasteiger partial charge >= 0.3 is 0 Å². The van der Waals surface area contributed by atoms with Gasteiger partial charge in [0.15, 0.2) is 9.84 Å². The number of hydrogen-bond acceptors (Lipinski definition) is 3. The first kappa shape index (κ1) is 28.4. The second-order valence-electron chi connectivity index (χ2n) is 14.2. The first-order valence-electron chi connectivity index (χ1n) is 15.7. The molecule has 0 heterocycles. The van der Waals surface area contributed by atoms with Crippen molar-refractivity contribution < 1.29 is 13.5 Å². The molecule has 1 N–H and O–H groups in total. The molecule has 1 aromatic rings. The zero-order valence-corrected chi connectivity index (χ0v) is 25.3. The summed E-state index contributed by atoms with van der Waals surface area (Å²) in [4.78, 5) is 0.407. The number of aliphatic hydroxyl groups is 1. The normalized spacial score (nSPS) is 39.3. The van der Waals surface area contributed by atoms with E-state index < -0.39 is 21.2 Å². The van der Waals surface area contributed by atoms with Crippen LogP contribution in [0.15, 0.2) is 46.9 Å². The number of benzene rings is 1. The van der Waals surface area contributed by atoms with Gasteiger partial charge < -0.3 is 5.11 Å². The summed E-state index contributed by atoms with van der Waals surface area (Å²) in [7, 11) is -3.53. The molecule has 4 aliphatic carbocycles. The molecule has 0 bridgehead atoms. The maximum Gasteiger partial charge on any atom is 0.181 e. The van der Waals surface area contributed by atoms with Crippen molar-refractivity contribution in [2.75, 3.05) is 0 Å². The Bertz CT molecular complexity index is 1110. The van der Waals surface area contributed by atoms with Gasteiger partial charge in [-0.3, -0.25) is 0 Å². The Labute approximate surface area is 232 Å². The third kappa shape index (κ3) is 4.84. The smallest absolute Gasteiger partial charge is 0.181 e. The van der Waals surface area contributed by atoms with Gasteiger partial charge in [0, 0.05) is 0 Å². The van der Waals surface area contributed by atoms with Crippen molar-refractivity contribution in [2.45, 2.75) is 121 Å². The lowest BCUT2D eigenvalue weighted by Gasteiger charge is -2.55. The molecular formula is C34H52O3S. The van der Waals surface area contributed by atoms with E-state index in [1.54, 1.807) is 17.7 Å². The first-order valence-corrected chi connectivity index (χ1v) is 17.2. The molecule has 3 saturated carbocycles. The molecule has 0 aliphatic heterocycles. The lowest BCUT2D eigenvalue weighted by molar-refractivity contribution is -0.0297. The molecule has 38 heavy (non-hydrogen) atoms. The molecule has 0 spiro atoms. The molecule has 1 aromatic carbocycles. The highest BCUT2D eigenvalue weighted by molar-refractivity contribution is 7.92. The molecule has 4 aliphatic rings. The van der Waals surface area contributed by atoms with Crippen molar-refractivity contribution in [1.82, 2.24) is 0 Å². The summed E-state index contributed by atoms with van der Waals surface area (Å²) in [6.07, 6.45) is 14.5. The molecule has 5 rings (SSSR count). The minimum Gasteiger partial charge on any atom is -0.393 e. The lowest BCUT2D eigenvalue weighted by atomic mass is 9.50. The third-order valence-corrected chi connectivity index (χ3v) is 14.8. The summed E-state index contributed by atoms with van der Waals surface area (Å²) in [5, 5.41) is 10.1. The molecule has 0 amide bonds. The minimum atomic E-state index is -3.53. The number of fused-ring (bicyclic) bond motifs is 5. The van der Waals surface area contributed by atoms with Crippen LogP contribution >= 0.6 is 0 Å². The summed E-state index contributed by atoms with van der Waals surface area (Å²) in [6.45, 7) is 11.5. The fourth-order valence-corrected chi connectivity index (χ4v) is 12.0. The average molecular weight is 541 g/mol. The van der Waals surface area contributed by atoms with Crippen LogP contribution in [-0.4, -0.2) is 24.9 Å². The van der Waals surface area contributed by atoms with Crippen LogP contribution in [-0.2, 0) is 9.84 Å². The van der Waals surface area contributed by atoms with Crippen LogP contribution in [0.5, 0.6) is 0 Å². The van der Waals surface area contributed by atoms with E-state index in [1.807, 2.05) is 25.1 Å². The van der Waals surface area contributed by atoms with Gasteiger partial charge in [-0.05, 0) is 123 Å². The van der Waals surface area contributed by atoms with Crippen molar-refractivity contribution >= 4 is 9.84 Å². The number of sulfone groups is 1. The fraction of sp³-hybridized carbons (Fsp3) is 0.765. The standard InChI is InChI=1S/C34H52O3S/c1-6-25(35)21-32(38(36,37)26-11-9-8-10-12-26)23(3)30-15-16-31-29-14-13-24-22-33(4,7-2)19-17-27(24)28(29)18-20-34(30,31)5/h8-13,23,25,27-32,35H,6-7,14-22H2,1-5H3/t23-,25?,27-,28+,29+,30+,31-,32?,33+,34+/m0/s1. The molecule has 0 radical (unpaired) electrons. The van der Waals surface area contributed by atoms with Crippen molar-refractivity contribution in [3.05, 3.63) is 42.0 Å². The van der Waals surface area contributed by atoms with Gasteiger partial charge in [0.1, 0.15) is 0 Å². The van der Waals surface area contributed by atoms with E-state index >= 15 is 0 Å². The Hall–Kier alpha value is -1.13. The largest absolute Gasteiger partial charge is 0.393 e. The Balaban J connectivity index is 1.40. The zero-order chi connectivity index (χ0) is 27.3. The van der Waals surface area contributed by atoms with E-state index in [0.29, 0.717) is 35.0 Å². The summed E-state index contributed by atoms with van der Waals surface area (Å²) < 4.78 is 28.0. The van der Waals surface area contributed by atoms with Gasteiger partial charge in [0.05, 0.1) is 16.2 Å². The first-order chi connectivity index (χ1) is 18.0. The predicted octanol–water partition coefficient (Wildman–Crippen LogP) is 8.23. The van der Waals surface area contributed by atoms with E-state index in [4.69, 9.17) is 0 Å². The van der Waals surface area contributed by atoms with Crippen molar-refractivity contribution in [1.29, 1.82) is 0 Å². The summed E-state index contributed by atoms with van der Waals surface area (Å²) in [5.41, 5.74) is 2.46. The third-order valence-electron chi connectivity index (χ3n) is 12.4. The van der Waals surface area contributed by atoms with Crippen LogP contribution in [0.4, 0.5) is 0 Å². The Morgan fingerprint density at radius 1 is 1.00 bits per heavy atom. The topological polar surface area (TPSA) is 54.4 Å². The summed E-state index contributed by atoms with van der Waals surface area (Å²) in [5.74, 6) is 3.50. The molecule has 212 valence electrons. The Morgan fingerprint density at radius 2 is 1.74 bits per heavy atom. The highest BCUT2D eigenvalue weighted by Gasteiger charge is 2.58. The maximum atomic E-state index is 14.0. The van der Waals surface area contributed by atoms with Crippen LogP contribution in [0.3, 0.4) is 0 Å². The van der Waals surface area contributed by atoms with E-state index in [9.17, 15) is 13.5 Å². The zero-order valence-electron chi connectivity index (χ0n) is 24.5. The van der Waals surface area contributed by atoms with Crippen molar-refractivity contribution in [2.24, 2.45) is 46.3 Å². The van der Waals surface area contributed by atoms with Gasteiger partial charge in [-0.2, -0.15) is 0 Å². The highest BCUT2D eigenvalue weighted by Crippen LogP contribution is 2.65. The predicted molar refractivity (Wildman–Crippen MR) is 156 cm³/mol. The van der Waals surface area contributed by atoms with E-state index in [0.717, 1.165) is 24.2 Å². The fourth-order valence-electron chi connectivity index (χ4n) is 9.87. The second-order valence-corrected chi connectivity index (χ2v) is 16.4. The number of aliphatic hydroxyl groups excluding tert-OH is 1. The van der Waals surface area contributed by atoms with Crippen molar-refractivity contribution in [3.63, 3.8) is 0 Å². The minimum absolute atomic E-state index is 0.0302. The van der Waals surface area contributed by atoms with Crippen LogP contribution in [0, 0.1) is 46.3 Å². The molecule has 3 nitrogen and oxygen atoms in total. The maximum absolute atomic E-state index is 14.0. The Kier molecular flexibility index (Phi) is 7.99. The number of allylic oxidation sites excluding steroid dienone is 2. The average Bonchev–Trinajstić information content (AvgIpc) is 3.28. The summed E-state index contributed by atoms with van der Waals surface area (Å²) in [6, 6.07) is 8.98. The summed E-state index contributed by atoms with van der Waals surface area (Å²) >= 11 is 0. The van der Waals surface area contributed by atoms with Gasteiger partial charge in [0.25, 0.3) is 0 Å². The molecular weight excluding hydrogens is 488 g/mol. The van der Waals surface area contributed by atoms with Crippen LogP contribution in [0.25, 0.3) is 0 Å². The van der Waals surface area contributed by atoms with Crippen LogP contribution in [0.2, 0.25) is 0 Å². The van der Waals surface area contributed by atoms with Gasteiger partial charge in [-0.25, -0.2) is 8.42 Å². The lowest BCUT2D eigenvalue weighted by Crippen LogP contribution is -2.48. The molecule has 10 atom stereocenters. The van der Waals surface area contributed by atoms with E-state index in [2.05, 4.69) is 33.8 Å². The number of rotatable bonds is 8. The highest BCUT2D eigenvalue weighted by atomic mass is 32.2. The van der Waals surface area contributed by atoms with Gasteiger partial charge in [-0.15, -0.1) is 0 Å². The van der Waals surface area contributed by atoms with E-state index in [1.165, 1.54) is 51.4 Å². The van der Waals surface area contributed by atoms with Crippen molar-refractivity contribution in [3.8, 4) is 0 Å².